The first-order chi connectivity index (χ1) is 18.3. The molecule has 2 heterocycles. The van der Waals surface area contributed by atoms with E-state index in [1.807, 2.05) is 30.3 Å². The number of fused-ring (bicyclic) bond motifs is 1. The van der Waals surface area contributed by atoms with Crippen molar-refractivity contribution in [3.05, 3.63) is 107 Å². The first-order valence-corrected chi connectivity index (χ1v) is 13.0. The molecule has 0 aliphatic rings. The molecule has 0 saturated carbocycles. The predicted molar refractivity (Wildman–Crippen MR) is 139 cm³/mol. The van der Waals surface area contributed by atoms with Crippen molar-refractivity contribution >= 4 is 27.0 Å². The van der Waals surface area contributed by atoms with Gasteiger partial charge in [0.1, 0.15) is 24.5 Å². The van der Waals surface area contributed by atoms with Crippen LogP contribution >= 0.6 is 0 Å². The molecule has 0 radical (unpaired) electrons. The van der Waals surface area contributed by atoms with Gasteiger partial charge in [0.05, 0.1) is 27.7 Å². The molecule has 0 unspecified atom stereocenters. The summed E-state index contributed by atoms with van der Waals surface area (Å²) in [6, 6.07) is 24.9. The number of primary sulfonamides is 1. The molecule has 0 amide bonds. The maximum Gasteiger partial charge on any atom is 0.358 e. The highest BCUT2D eigenvalue weighted by molar-refractivity contribution is 7.89. The van der Waals surface area contributed by atoms with Gasteiger partial charge in [-0.1, -0.05) is 42.5 Å². The lowest BCUT2D eigenvalue weighted by Crippen LogP contribution is -2.14. The SMILES string of the molecule is NS(=O)(=O)c1ccc(-n2nc(C(=O)OCCOc3cc(=O)oc4ccccc34)cc2-c2ccccc2)cc1. The number of hydrogen-bond acceptors (Lipinski definition) is 8. The number of hydrogen-bond donors (Lipinski definition) is 1. The number of ether oxygens (including phenoxy) is 2. The smallest absolute Gasteiger partial charge is 0.358 e. The second-order valence-electron chi connectivity index (χ2n) is 8.14. The normalized spacial score (nSPS) is 11.4. The average Bonchev–Trinajstić information content (AvgIpc) is 3.37. The minimum atomic E-state index is -3.86. The third-order valence-corrected chi connectivity index (χ3v) is 6.51. The number of benzene rings is 3. The Morgan fingerprint density at radius 3 is 2.37 bits per heavy atom. The molecule has 5 aromatic rings. The van der Waals surface area contributed by atoms with E-state index in [-0.39, 0.29) is 23.8 Å². The molecule has 2 aromatic heterocycles. The van der Waals surface area contributed by atoms with Crippen LogP contribution in [0.5, 0.6) is 5.75 Å². The number of para-hydroxylation sites is 1. The second-order valence-corrected chi connectivity index (χ2v) is 9.70. The van der Waals surface area contributed by atoms with E-state index in [2.05, 4.69) is 5.10 Å². The zero-order chi connectivity index (χ0) is 26.7. The molecule has 2 N–H and O–H groups in total. The van der Waals surface area contributed by atoms with Crippen LogP contribution in [-0.2, 0) is 14.8 Å². The molecule has 0 saturated heterocycles. The molecule has 192 valence electrons. The van der Waals surface area contributed by atoms with Crippen LogP contribution in [0.3, 0.4) is 0 Å². The van der Waals surface area contributed by atoms with E-state index in [0.717, 1.165) is 5.56 Å². The van der Waals surface area contributed by atoms with Crippen LogP contribution in [0.25, 0.3) is 27.9 Å². The Bertz CT molecular complexity index is 1780. The third-order valence-electron chi connectivity index (χ3n) is 5.58. The Hall–Kier alpha value is -4.74. The van der Waals surface area contributed by atoms with Gasteiger partial charge in [-0.2, -0.15) is 5.10 Å². The van der Waals surface area contributed by atoms with Crippen LogP contribution in [0.15, 0.2) is 105 Å². The van der Waals surface area contributed by atoms with Crippen LogP contribution in [0.4, 0.5) is 0 Å². The number of nitrogens with zero attached hydrogens (tertiary/aromatic N) is 2. The predicted octanol–water partition coefficient (Wildman–Crippen LogP) is 3.53. The number of sulfonamides is 1. The van der Waals surface area contributed by atoms with Crippen LogP contribution in [0.2, 0.25) is 0 Å². The van der Waals surface area contributed by atoms with Crippen LogP contribution in [0.1, 0.15) is 10.5 Å². The topological polar surface area (TPSA) is 144 Å². The monoisotopic (exact) mass is 531 g/mol. The fraction of sp³-hybridized carbons (Fsp3) is 0.0741. The van der Waals surface area contributed by atoms with E-state index in [4.69, 9.17) is 19.0 Å². The third kappa shape index (κ3) is 5.33. The maximum atomic E-state index is 12.8. The first-order valence-electron chi connectivity index (χ1n) is 11.4. The molecule has 10 nitrogen and oxygen atoms in total. The zero-order valence-electron chi connectivity index (χ0n) is 19.8. The lowest BCUT2D eigenvalue weighted by atomic mass is 10.1. The van der Waals surface area contributed by atoms with Gasteiger partial charge >= 0.3 is 11.6 Å². The lowest BCUT2D eigenvalue weighted by molar-refractivity contribution is 0.0443. The summed E-state index contributed by atoms with van der Waals surface area (Å²) in [6.45, 7) is -0.0928. The number of carbonyl (C=O) groups is 1. The summed E-state index contributed by atoms with van der Waals surface area (Å²) in [5, 5.41) is 10.2. The number of esters is 1. The molecule has 0 bridgehead atoms. The van der Waals surface area contributed by atoms with Crippen molar-refractivity contribution in [2.24, 2.45) is 5.14 Å². The molecular formula is C27H21N3O7S. The van der Waals surface area contributed by atoms with Crippen molar-refractivity contribution in [3.8, 4) is 22.7 Å². The summed E-state index contributed by atoms with van der Waals surface area (Å²) in [5.41, 5.74) is 1.79. The summed E-state index contributed by atoms with van der Waals surface area (Å²) in [5.74, 6) is -0.352. The number of nitrogens with two attached hydrogens (primary N) is 1. The van der Waals surface area contributed by atoms with Crippen molar-refractivity contribution in [2.45, 2.75) is 4.90 Å². The fourth-order valence-electron chi connectivity index (χ4n) is 3.83. The van der Waals surface area contributed by atoms with Gasteiger partial charge in [-0.05, 0) is 42.5 Å². The van der Waals surface area contributed by atoms with Gasteiger partial charge in [0.15, 0.2) is 5.69 Å². The molecule has 0 spiro atoms. The van der Waals surface area contributed by atoms with E-state index in [9.17, 15) is 18.0 Å². The summed E-state index contributed by atoms with van der Waals surface area (Å²) in [6.07, 6.45) is 0. The van der Waals surface area contributed by atoms with E-state index in [0.29, 0.717) is 28.1 Å². The quantitative estimate of drug-likeness (QED) is 0.182. The summed E-state index contributed by atoms with van der Waals surface area (Å²) < 4.78 is 40.9. The van der Waals surface area contributed by atoms with E-state index in [1.165, 1.54) is 22.9 Å². The van der Waals surface area contributed by atoms with Gasteiger partial charge in [0, 0.05) is 5.56 Å². The van der Waals surface area contributed by atoms with Gasteiger partial charge in [0.25, 0.3) is 0 Å². The average molecular weight is 532 g/mol. The van der Waals surface area contributed by atoms with Crippen molar-refractivity contribution in [3.63, 3.8) is 0 Å². The van der Waals surface area contributed by atoms with Crippen molar-refractivity contribution in [1.82, 2.24) is 9.78 Å². The second kappa shape index (κ2) is 10.3. The van der Waals surface area contributed by atoms with Gasteiger partial charge in [0.2, 0.25) is 10.0 Å². The number of rotatable bonds is 8. The molecule has 38 heavy (non-hydrogen) atoms. The molecule has 5 rings (SSSR count). The standard InChI is InChI=1S/C27H21N3O7S/c28-38(33,34)20-12-10-19(11-13-20)30-23(18-6-2-1-3-7-18)16-22(29-30)27(32)36-15-14-35-25-17-26(31)37-24-9-5-4-8-21(24)25/h1-13,16-17H,14-15H2,(H2,28,33,34). The fourth-order valence-corrected chi connectivity index (χ4v) is 4.35. The maximum absolute atomic E-state index is 12.8. The number of carbonyl (C=O) groups excluding carboxylic acids is 1. The Morgan fingerprint density at radius 1 is 0.921 bits per heavy atom. The first kappa shape index (κ1) is 24.9. The Labute approximate surface area is 216 Å². The molecule has 0 atom stereocenters. The van der Waals surface area contributed by atoms with Crippen molar-refractivity contribution < 1.29 is 27.1 Å². The van der Waals surface area contributed by atoms with Crippen LogP contribution < -0.4 is 15.5 Å². The highest BCUT2D eigenvalue weighted by Crippen LogP contribution is 2.26. The summed E-state index contributed by atoms with van der Waals surface area (Å²) in [7, 11) is -3.86. The Balaban J connectivity index is 1.34. The summed E-state index contributed by atoms with van der Waals surface area (Å²) >= 11 is 0. The lowest BCUT2D eigenvalue weighted by Gasteiger charge is -2.09. The van der Waals surface area contributed by atoms with Crippen molar-refractivity contribution in [2.75, 3.05) is 13.2 Å². The molecule has 0 fully saturated rings. The zero-order valence-corrected chi connectivity index (χ0v) is 20.6. The molecule has 0 aliphatic carbocycles. The van der Waals surface area contributed by atoms with Crippen molar-refractivity contribution in [1.29, 1.82) is 0 Å². The molecule has 11 heteroatoms. The highest BCUT2D eigenvalue weighted by atomic mass is 32.2. The van der Waals surface area contributed by atoms with Gasteiger partial charge in [-0.15, -0.1) is 0 Å². The molecular weight excluding hydrogens is 510 g/mol. The van der Waals surface area contributed by atoms with Gasteiger partial charge in [-0.3, -0.25) is 0 Å². The van der Waals surface area contributed by atoms with Gasteiger partial charge < -0.3 is 13.9 Å². The molecule has 3 aromatic carbocycles. The van der Waals surface area contributed by atoms with E-state index < -0.39 is 21.6 Å². The Morgan fingerprint density at radius 2 is 1.63 bits per heavy atom. The van der Waals surface area contributed by atoms with Crippen LogP contribution in [-0.4, -0.2) is 37.4 Å². The highest BCUT2D eigenvalue weighted by Gasteiger charge is 2.19. The van der Waals surface area contributed by atoms with E-state index >= 15 is 0 Å². The van der Waals surface area contributed by atoms with Gasteiger partial charge in [-0.25, -0.2) is 27.8 Å². The number of aromatic nitrogens is 2. The van der Waals surface area contributed by atoms with E-state index in [1.54, 1.807) is 42.5 Å². The minimum absolute atomic E-state index is 0.000460. The Kier molecular flexibility index (Phi) is 6.77. The van der Waals surface area contributed by atoms with Crippen LogP contribution in [0, 0.1) is 0 Å². The largest absolute Gasteiger partial charge is 0.489 e. The summed E-state index contributed by atoms with van der Waals surface area (Å²) in [4.78, 5) is 24.6. The molecule has 0 aliphatic heterocycles. The minimum Gasteiger partial charge on any atom is -0.489 e.